The Balaban J connectivity index is 1.83. The van der Waals surface area contributed by atoms with Crippen LogP contribution in [0.5, 0.6) is 0 Å². The van der Waals surface area contributed by atoms with E-state index in [4.69, 9.17) is 5.73 Å². The van der Waals surface area contributed by atoms with Gasteiger partial charge in [-0.3, -0.25) is 14.9 Å². The lowest BCUT2D eigenvalue weighted by Gasteiger charge is -2.26. The molecule has 0 radical (unpaired) electrons. The largest absolute Gasteiger partial charge is 0.368 e. The lowest BCUT2D eigenvalue weighted by molar-refractivity contribution is -0.125. The highest BCUT2D eigenvalue weighted by atomic mass is 19.1. The first-order valence-electron chi connectivity index (χ1n) is 7.50. The molecule has 0 heterocycles. The van der Waals surface area contributed by atoms with Gasteiger partial charge >= 0.3 is 0 Å². The lowest BCUT2D eigenvalue weighted by atomic mass is 9.97. The zero-order valence-corrected chi connectivity index (χ0v) is 12.7. The summed E-state index contributed by atoms with van der Waals surface area (Å²) in [6, 6.07) is 4.86. The monoisotopic (exact) mass is 307 g/mol. The summed E-state index contributed by atoms with van der Waals surface area (Å²) >= 11 is 0. The zero-order chi connectivity index (χ0) is 16.2. The molecule has 0 atom stereocenters. The molecule has 4 N–H and O–H groups in total. The third-order valence-corrected chi connectivity index (χ3v) is 4.24. The van der Waals surface area contributed by atoms with E-state index in [9.17, 15) is 14.0 Å². The Hall–Kier alpha value is -1.95. The van der Waals surface area contributed by atoms with E-state index in [1.165, 1.54) is 6.07 Å². The van der Waals surface area contributed by atoms with Gasteiger partial charge < -0.3 is 11.1 Å². The summed E-state index contributed by atoms with van der Waals surface area (Å²) in [6.07, 6.45) is 3.19. The molecule has 0 aliphatic heterocycles. The van der Waals surface area contributed by atoms with Crippen LogP contribution < -0.4 is 16.4 Å². The van der Waals surface area contributed by atoms with Crippen molar-refractivity contribution in [3.63, 3.8) is 0 Å². The zero-order valence-electron chi connectivity index (χ0n) is 12.7. The molecule has 1 fully saturated rings. The number of nitrogens with two attached hydrogens (primary N) is 1. The smallest absolute Gasteiger partial charge is 0.237 e. The van der Waals surface area contributed by atoms with Gasteiger partial charge in [-0.05, 0) is 37.0 Å². The maximum atomic E-state index is 13.4. The van der Waals surface area contributed by atoms with Crippen LogP contribution in [-0.4, -0.2) is 23.9 Å². The van der Waals surface area contributed by atoms with Gasteiger partial charge in [0.2, 0.25) is 11.8 Å². The van der Waals surface area contributed by atoms with Gasteiger partial charge in [0.25, 0.3) is 0 Å². The fourth-order valence-corrected chi connectivity index (χ4v) is 2.75. The van der Waals surface area contributed by atoms with E-state index in [1.807, 2.05) is 0 Å². The number of benzene rings is 1. The van der Waals surface area contributed by atoms with Crippen LogP contribution >= 0.6 is 0 Å². The second-order valence-electron chi connectivity index (χ2n) is 5.87. The van der Waals surface area contributed by atoms with Gasteiger partial charge in [-0.2, -0.15) is 0 Å². The van der Waals surface area contributed by atoms with E-state index in [-0.39, 0.29) is 24.8 Å². The summed E-state index contributed by atoms with van der Waals surface area (Å²) in [5.74, 6) is -0.935. The molecule has 0 aromatic heterocycles. The fourth-order valence-electron chi connectivity index (χ4n) is 2.75. The van der Waals surface area contributed by atoms with Gasteiger partial charge in [0.05, 0.1) is 12.1 Å². The van der Waals surface area contributed by atoms with Gasteiger partial charge in [-0.25, -0.2) is 4.39 Å². The molecule has 1 aliphatic rings. The number of aryl methyl sites for hydroxylation is 1. The third kappa shape index (κ3) is 3.82. The Labute approximate surface area is 129 Å². The summed E-state index contributed by atoms with van der Waals surface area (Å²) in [7, 11) is 0. The Bertz CT molecular complexity index is 569. The van der Waals surface area contributed by atoms with E-state index in [2.05, 4.69) is 10.6 Å². The number of rotatable bonds is 6. The second kappa shape index (κ2) is 6.87. The summed E-state index contributed by atoms with van der Waals surface area (Å²) in [4.78, 5) is 23.4. The molecule has 0 spiro atoms. The normalized spacial score (nSPS) is 16.5. The van der Waals surface area contributed by atoms with Crippen LogP contribution in [0.3, 0.4) is 0 Å². The molecule has 6 heteroatoms. The third-order valence-electron chi connectivity index (χ3n) is 4.24. The van der Waals surface area contributed by atoms with Crippen LogP contribution in [0.4, 0.5) is 4.39 Å². The standard InChI is InChI=1S/C16H22FN3O2/c1-11-4-5-12(8-13(11)17)9-19-14(21)10-20-16(15(18)22)6-2-3-7-16/h4-5,8,20H,2-3,6-7,9-10H2,1H3,(H2,18,22)(H,19,21). The number of carbonyl (C=O) groups is 2. The molecule has 1 aliphatic carbocycles. The molecule has 1 aromatic carbocycles. The highest BCUT2D eigenvalue weighted by Gasteiger charge is 2.39. The van der Waals surface area contributed by atoms with Crippen molar-refractivity contribution >= 4 is 11.8 Å². The van der Waals surface area contributed by atoms with Crippen molar-refractivity contribution in [1.29, 1.82) is 0 Å². The number of carbonyl (C=O) groups excluding carboxylic acids is 2. The minimum Gasteiger partial charge on any atom is -0.368 e. The van der Waals surface area contributed by atoms with Crippen LogP contribution in [0.25, 0.3) is 0 Å². The van der Waals surface area contributed by atoms with Crippen LogP contribution in [0, 0.1) is 12.7 Å². The van der Waals surface area contributed by atoms with E-state index in [0.717, 1.165) is 12.8 Å². The van der Waals surface area contributed by atoms with E-state index < -0.39 is 11.4 Å². The summed E-state index contributed by atoms with van der Waals surface area (Å²) < 4.78 is 13.4. The van der Waals surface area contributed by atoms with Gasteiger partial charge in [0.15, 0.2) is 0 Å². The second-order valence-corrected chi connectivity index (χ2v) is 5.87. The summed E-state index contributed by atoms with van der Waals surface area (Å²) in [6.45, 7) is 1.96. The Morgan fingerprint density at radius 3 is 2.59 bits per heavy atom. The summed E-state index contributed by atoms with van der Waals surface area (Å²) in [5, 5.41) is 5.70. The van der Waals surface area contributed by atoms with Crippen molar-refractivity contribution in [3.05, 3.63) is 35.1 Å². The molecule has 1 aromatic rings. The molecular weight excluding hydrogens is 285 g/mol. The molecule has 22 heavy (non-hydrogen) atoms. The summed E-state index contributed by atoms with van der Waals surface area (Å²) in [5.41, 5.74) is 5.95. The molecule has 0 bridgehead atoms. The number of halogens is 1. The first kappa shape index (κ1) is 16.4. The maximum Gasteiger partial charge on any atom is 0.237 e. The van der Waals surface area contributed by atoms with E-state index >= 15 is 0 Å². The molecule has 2 amide bonds. The molecule has 0 unspecified atom stereocenters. The Morgan fingerprint density at radius 2 is 2.00 bits per heavy atom. The van der Waals surface area contributed by atoms with Gasteiger partial charge in [0.1, 0.15) is 5.82 Å². The Kier molecular flexibility index (Phi) is 5.13. The molecule has 120 valence electrons. The Morgan fingerprint density at radius 1 is 1.32 bits per heavy atom. The van der Waals surface area contributed by atoms with Crippen molar-refractivity contribution in [2.45, 2.75) is 44.7 Å². The highest BCUT2D eigenvalue weighted by Crippen LogP contribution is 2.29. The number of primary amides is 1. The van der Waals surface area contributed by atoms with E-state index in [1.54, 1.807) is 19.1 Å². The minimum atomic E-state index is -0.757. The molecule has 1 saturated carbocycles. The maximum absolute atomic E-state index is 13.4. The first-order valence-corrected chi connectivity index (χ1v) is 7.50. The molecule has 2 rings (SSSR count). The minimum absolute atomic E-state index is 0.0251. The van der Waals surface area contributed by atoms with Crippen molar-refractivity contribution in [2.24, 2.45) is 5.73 Å². The molecule has 0 saturated heterocycles. The van der Waals surface area contributed by atoms with Gasteiger partial charge in [-0.15, -0.1) is 0 Å². The van der Waals surface area contributed by atoms with Crippen LogP contribution in [-0.2, 0) is 16.1 Å². The van der Waals surface area contributed by atoms with Crippen molar-refractivity contribution in [3.8, 4) is 0 Å². The fraction of sp³-hybridized carbons (Fsp3) is 0.500. The quantitative estimate of drug-likeness (QED) is 0.737. The SMILES string of the molecule is Cc1ccc(CNC(=O)CNC2(C(N)=O)CCCC2)cc1F. The number of amides is 2. The number of hydrogen-bond acceptors (Lipinski definition) is 3. The molecular formula is C16H22FN3O2. The number of nitrogens with one attached hydrogen (secondary N) is 2. The van der Waals surface area contributed by atoms with Crippen LogP contribution in [0.1, 0.15) is 36.8 Å². The first-order chi connectivity index (χ1) is 10.4. The van der Waals surface area contributed by atoms with Gasteiger partial charge in [0, 0.05) is 6.54 Å². The van der Waals surface area contributed by atoms with Gasteiger partial charge in [-0.1, -0.05) is 25.0 Å². The van der Waals surface area contributed by atoms with Crippen molar-refractivity contribution < 1.29 is 14.0 Å². The van der Waals surface area contributed by atoms with Crippen molar-refractivity contribution in [2.75, 3.05) is 6.54 Å². The van der Waals surface area contributed by atoms with E-state index in [0.29, 0.717) is 24.0 Å². The topological polar surface area (TPSA) is 84.2 Å². The predicted molar refractivity (Wildman–Crippen MR) is 81.4 cm³/mol. The van der Waals surface area contributed by atoms with Crippen molar-refractivity contribution in [1.82, 2.24) is 10.6 Å². The average molecular weight is 307 g/mol. The van der Waals surface area contributed by atoms with Crippen LogP contribution in [0.15, 0.2) is 18.2 Å². The predicted octanol–water partition coefficient (Wildman–Crippen LogP) is 1.14. The number of hydrogen-bond donors (Lipinski definition) is 3. The highest BCUT2D eigenvalue weighted by molar-refractivity contribution is 5.86. The average Bonchev–Trinajstić information content (AvgIpc) is 2.96. The van der Waals surface area contributed by atoms with Crippen LogP contribution in [0.2, 0.25) is 0 Å². The lowest BCUT2D eigenvalue weighted by Crippen LogP contribution is -2.55. The molecule has 5 nitrogen and oxygen atoms in total.